The molecular weight excluding hydrogens is 1380 g/mol. The van der Waals surface area contributed by atoms with Crippen molar-refractivity contribution in [1.29, 1.82) is 0 Å². The number of oxazole rings is 1. The first kappa shape index (κ1) is 123. The normalized spacial score (nSPS) is 10.3. The number of hydrogen-bond acceptors (Lipinski definition) is 18. The van der Waals surface area contributed by atoms with Crippen LogP contribution in [0.15, 0.2) is 135 Å². The zero-order valence-corrected chi connectivity index (χ0v) is 80.2. The smallest absolute Gasteiger partial charge is 0.180 e. The number of tetrazole rings is 2. The van der Waals surface area contributed by atoms with E-state index in [0.29, 0.717) is 0 Å². The first-order chi connectivity index (χ1) is 51.1. The van der Waals surface area contributed by atoms with E-state index < -0.39 is 0 Å². The summed E-state index contributed by atoms with van der Waals surface area (Å²) in [4.78, 5) is 13.3. The molecule has 10 aromatic heterocycles. The Morgan fingerprint density at radius 3 is 0.936 bits per heavy atom. The standard InChI is InChI=1S/C8H13N.2C7H12N2.C7H11NO.4C6H11N3.2C5H10N4.10C2H6/c1-8(2,3)9-6-4-5-7-9;1-7(2,3)9-5-4-8-6-9;1-7(2,3)9-6-4-5-8-9;1-7(2,3)6-4-8-5-9-6;1-6(2,3)9-4-7-8-5-9;1-6(2,3)9-5-7-4-8-9;1-6(2,3)9-5-4-7-8-9;1-6(2,3)9-7-4-5-8-9;1-5(2,3)9-4-6-7-8-9;1-5(2,3)4-6-8-9-7-4;10*1-2/h4-7H,1-3H3;2*4-6H,1-3H3;5*4-5H,1-3H3;4H,1-3H3;1-3H3,(H,6,7,8,9);10*1-2H3. The predicted molar refractivity (Wildman–Crippen MR) is 468 cm³/mol. The fourth-order valence-corrected chi connectivity index (χ4v) is 5.87. The molecule has 110 heavy (non-hydrogen) atoms. The van der Waals surface area contributed by atoms with Gasteiger partial charge in [-0.2, -0.15) is 30.4 Å². The van der Waals surface area contributed by atoms with Gasteiger partial charge in [0.05, 0.1) is 58.8 Å². The highest BCUT2D eigenvalue weighted by Crippen LogP contribution is 2.21. The highest BCUT2D eigenvalue weighted by Gasteiger charge is 2.20. The van der Waals surface area contributed by atoms with Crippen molar-refractivity contribution in [3.8, 4) is 0 Å². The number of H-pyrrole nitrogens is 1. The lowest BCUT2D eigenvalue weighted by atomic mass is 9.94. The van der Waals surface area contributed by atoms with E-state index in [1.165, 1.54) is 6.39 Å². The van der Waals surface area contributed by atoms with Crippen LogP contribution < -0.4 is 0 Å². The lowest BCUT2D eigenvalue weighted by Gasteiger charge is -2.20. The van der Waals surface area contributed by atoms with Gasteiger partial charge in [0.25, 0.3) is 0 Å². The number of hydrogen-bond donors (Lipinski definition) is 1. The van der Waals surface area contributed by atoms with Crippen LogP contribution in [0.3, 0.4) is 0 Å². The van der Waals surface area contributed by atoms with Crippen LogP contribution in [0.25, 0.3) is 0 Å². The molecule has 0 aromatic carbocycles. The largest absolute Gasteiger partial charge is 0.448 e. The average Bonchev–Trinajstić information content (AvgIpc) is 1.84. The van der Waals surface area contributed by atoms with E-state index in [2.05, 4.69) is 280 Å². The van der Waals surface area contributed by atoms with Gasteiger partial charge in [-0.05, 0) is 195 Å². The monoisotopic (exact) mass is 1550 g/mol. The van der Waals surface area contributed by atoms with Crippen LogP contribution in [0, 0.1) is 0 Å². The Hall–Kier alpha value is -8.39. The fraction of sp³-hybridized carbons (Fsp3) is 0.723. The van der Waals surface area contributed by atoms with Gasteiger partial charge >= 0.3 is 0 Å². The summed E-state index contributed by atoms with van der Waals surface area (Å²) < 4.78 is 18.6. The van der Waals surface area contributed by atoms with E-state index in [4.69, 9.17) is 4.42 Å². The molecule has 0 aliphatic carbocycles. The van der Waals surface area contributed by atoms with Crippen molar-refractivity contribution in [3.63, 3.8) is 0 Å². The molecule has 0 bridgehead atoms. The molecule has 0 fully saturated rings. The van der Waals surface area contributed by atoms with Crippen molar-refractivity contribution in [2.45, 2.75) is 401 Å². The van der Waals surface area contributed by atoms with Crippen molar-refractivity contribution >= 4 is 0 Å². The second kappa shape index (κ2) is 67.5. The molecule has 0 atom stereocenters. The molecule has 640 valence electrons. The molecule has 10 rings (SSSR count). The van der Waals surface area contributed by atoms with Crippen LogP contribution in [-0.2, 0) is 55.1 Å². The van der Waals surface area contributed by atoms with Crippen LogP contribution in [0.1, 0.15) is 358 Å². The minimum Gasteiger partial charge on any atom is -0.448 e. The highest BCUT2D eigenvalue weighted by molar-refractivity contribution is 5.03. The van der Waals surface area contributed by atoms with Crippen LogP contribution in [0.2, 0.25) is 0 Å². The first-order valence-corrected chi connectivity index (χ1v) is 40.0. The van der Waals surface area contributed by atoms with E-state index in [0.717, 1.165) is 11.6 Å². The van der Waals surface area contributed by atoms with Crippen LogP contribution in [0.4, 0.5) is 0 Å². The van der Waals surface area contributed by atoms with Crippen molar-refractivity contribution in [3.05, 3.63) is 142 Å². The Bertz CT molecular complexity index is 2450. The lowest BCUT2D eigenvalue weighted by Crippen LogP contribution is -2.24. The molecule has 0 spiro atoms. The number of nitrogens with one attached hydrogen (secondary N) is 1. The lowest BCUT2D eigenvalue weighted by molar-refractivity contribution is 0.312. The summed E-state index contributed by atoms with van der Waals surface area (Å²) in [6.07, 6.45) is 32.0. The van der Waals surface area contributed by atoms with Crippen molar-refractivity contribution in [2.24, 2.45) is 0 Å². The first-order valence-electron chi connectivity index (χ1n) is 40.0. The molecule has 0 saturated heterocycles. The molecule has 0 saturated carbocycles. The van der Waals surface area contributed by atoms with Gasteiger partial charge < -0.3 is 18.1 Å². The van der Waals surface area contributed by atoms with Crippen LogP contribution >= 0.6 is 0 Å². The molecule has 0 amide bonds. The molecule has 27 heteroatoms. The Labute approximate surface area is 674 Å². The van der Waals surface area contributed by atoms with E-state index in [-0.39, 0.29) is 55.1 Å². The minimum atomic E-state index is 0.00347. The Kier molecular flexibility index (Phi) is 75.2. The Morgan fingerprint density at radius 2 is 0.755 bits per heavy atom. The van der Waals surface area contributed by atoms with E-state index in [1.54, 1.807) is 78.3 Å². The van der Waals surface area contributed by atoms with E-state index in [1.807, 2.05) is 242 Å². The molecule has 10 aromatic rings. The summed E-state index contributed by atoms with van der Waals surface area (Å²) in [6, 6.07) is 6.03. The molecule has 0 aliphatic rings. The fourth-order valence-electron chi connectivity index (χ4n) is 5.87. The summed E-state index contributed by atoms with van der Waals surface area (Å²) in [5, 5.41) is 55.4. The third-order valence-corrected chi connectivity index (χ3v) is 11.5. The quantitative estimate of drug-likeness (QED) is 0.148. The van der Waals surface area contributed by atoms with Gasteiger partial charge in [0.2, 0.25) is 0 Å². The topological polar surface area (TPSA) is 287 Å². The van der Waals surface area contributed by atoms with Gasteiger partial charge in [0, 0.05) is 70.8 Å². The van der Waals surface area contributed by atoms with Gasteiger partial charge in [-0.15, -0.1) is 30.6 Å². The summed E-state index contributed by atoms with van der Waals surface area (Å²) in [7, 11) is 0. The van der Waals surface area contributed by atoms with Gasteiger partial charge in [0.1, 0.15) is 37.4 Å². The van der Waals surface area contributed by atoms with Crippen molar-refractivity contribution in [2.75, 3.05) is 0 Å². The third kappa shape index (κ3) is 65.5. The number of aromatic nitrogens is 26. The SMILES string of the molecule is CC.CC.CC.CC.CC.CC.CC.CC.CC.CC.CC(C)(C)c1cnco1.CC(C)(C)c1nn[nH]n1.CC(C)(C)n1cccc1.CC(C)(C)n1cccn1.CC(C)(C)n1ccnc1.CC(C)(C)n1ccnn1.CC(C)(C)n1cncn1.CC(C)(C)n1cnnc1.CC(C)(C)n1cnnn1.CC(C)(C)n1nccn1. The second-order valence-corrected chi connectivity index (χ2v) is 30.6. The maximum atomic E-state index is 5.09. The van der Waals surface area contributed by atoms with Gasteiger partial charge in [-0.3, -0.25) is 4.68 Å². The van der Waals surface area contributed by atoms with E-state index >= 15 is 0 Å². The molecule has 10 heterocycles. The van der Waals surface area contributed by atoms with Crippen molar-refractivity contribution < 1.29 is 4.42 Å². The van der Waals surface area contributed by atoms with Gasteiger partial charge in [-0.1, -0.05) is 190 Å². The zero-order valence-electron chi connectivity index (χ0n) is 80.2. The summed E-state index contributed by atoms with van der Waals surface area (Å²) in [5.41, 5.74) is 0.913. The number of imidazole rings is 1. The molecule has 0 unspecified atom stereocenters. The Balaban J connectivity index is -0.000000123. The molecule has 0 aliphatic heterocycles. The summed E-state index contributed by atoms with van der Waals surface area (Å²) in [6.45, 7) is 103. The maximum Gasteiger partial charge on any atom is 0.180 e. The average molecular weight is 1550 g/mol. The molecule has 27 nitrogen and oxygen atoms in total. The van der Waals surface area contributed by atoms with E-state index in [9.17, 15) is 0 Å². The summed E-state index contributed by atoms with van der Waals surface area (Å²) in [5.74, 6) is 1.69. The third-order valence-electron chi connectivity index (χ3n) is 11.5. The maximum absolute atomic E-state index is 5.09. The molecular formula is C83H172N26O. The van der Waals surface area contributed by atoms with Crippen molar-refractivity contribution in [1.82, 2.24) is 129 Å². The zero-order chi connectivity index (χ0) is 89.1. The number of rotatable bonds is 0. The van der Waals surface area contributed by atoms with Crippen LogP contribution in [-0.4, -0.2) is 129 Å². The molecule has 0 radical (unpaired) electrons. The molecule has 1 N–H and O–H groups in total. The minimum absolute atomic E-state index is 0.00347. The predicted octanol–water partition coefficient (Wildman–Crippen LogP) is 22.8. The van der Waals surface area contributed by atoms with Gasteiger partial charge in [0.15, 0.2) is 12.2 Å². The van der Waals surface area contributed by atoms with Gasteiger partial charge in [-0.25, -0.2) is 29.0 Å². The summed E-state index contributed by atoms with van der Waals surface area (Å²) >= 11 is 0. The Morgan fingerprint density at radius 1 is 0.309 bits per heavy atom. The van der Waals surface area contributed by atoms with Crippen LogP contribution in [0.5, 0.6) is 0 Å². The number of nitrogens with zero attached hydrogens (tertiary/aromatic N) is 25. The number of aromatic amines is 1. The highest BCUT2D eigenvalue weighted by atomic mass is 16.3. The second-order valence-electron chi connectivity index (χ2n) is 30.6.